The minimum absolute atomic E-state index is 0.0450. The Morgan fingerprint density at radius 2 is 2.05 bits per heavy atom. The molecule has 1 aromatic carbocycles. The highest BCUT2D eigenvalue weighted by Crippen LogP contribution is 2.49. The molecular formula is C24H32N9O6P. The van der Waals surface area contributed by atoms with Gasteiger partial charge in [-0.1, -0.05) is 42.6 Å². The summed E-state index contributed by atoms with van der Waals surface area (Å²) in [4.78, 5) is 15.5. The molecule has 1 aliphatic heterocycles. The summed E-state index contributed by atoms with van der Waals surface area (Å²) in [5.74, 6) is 0.454. The average molecular weight is 574 g/mol. The third kappa shape index (κ3) is 5.57. The Hall–Kier alpha value is -3.45. The predicted octanol–water partition coefficient (Wildman–Crippen LogP) is 3.87. The Morgan fingerprint density at radius 3 is 2.75 bits per heavy atom. The van der Waals surface area contributed by atoms with Crippen LogP contribution in [-0.4, -0.2) is 62.1 Å². The first-order valence-corrected chi connectivity index (χ1v) is 14.5. The van der Waals surface area contributed by atoms with Crippen molar-refractivity contribution in [2.45, 2.75) is 69.0 Å². The number of imidazole rings is 1. The summed E-state index contributed by atoms with van der Waals surface area (Å²) in [7, 11) is -2.48. The van der Waals surface area contributed by atoms with Crippen molar-refractivity contribution >= 4 is 24.9 Å². The normalized spacial score (nSPS) is 26.7. The van der Waals surface area contributed by atoms with E-state index in [0.717, 1.165) is 32.1 Å². The maximum absolute atomic E-state index is 14.0. The molecule has 3 aromatic rings. The van der Waals surface area contributed by atoms with Crippen molar-refractivity contribution in [1.82, 2.24) is 24.6 Å². The molecule has 5 rings (SSSR count). The lowest BCUT2D eigenvalue weighted by atomic mass is 9.93. The highest BCUT2D eigenvalue weighted by molar-refractivity contribution is 7.52. The van der Waals surface area contributed by atoms with Crippen LogP contribution in [0.5, 0.6) is 11.6 Å². The molecule has 0 amide bonds. The second kappa shape index (κ2) is 11.6. The first kappa shape index (κ1) is 28.1. The third-order valence-electron chi connectivity index (χ3n) is 7.19. The summed E-state index contributed by atoms with van der Waals surface area (Å²) < 4.78 is 38.6. The monoisotopic (exact) mass is 573 g/mol. The summed E-state index contributed by atoms with van der Waals surface area (Å²) in [6.45, 7) is 1.21. The molecule has 1 saturated heterocycles. The molecular weight excluding hydrogens is 541 g/mol. The molecule has 15 nitrogen and oxygen atoms in total. The number of aromatic nitrogens is 4. The van der Waals surface area contributed by atoms with Gasteiger partial charge in [-0.2, -0.15) is 9.97 Å². The van der Waals surface area contributed by atoms with E-state index in [4.69, 9.17) is 24.3 Å². The Labute approximate surface area is 230 Å². The van der Waals surface area contributed by atoms with Gasteiger partial charge in [0.1, 0.15) is 17.4 Å². The van der Waals surface area contributed by atoms with E-state index in [1.165, 1.54) is 24.9 Å². The molecule has 2 fully saturated rings. The van der Waals surface area contributed by atoms with Crippen LogP contribution in [0.1, 0.15) is 45.3 Å². The number of hydrogen-bond donors (Lipinski definition) is 3. The fraction of sp³-hybridized carbons (Fsp3) is 0.542. The van der Waals surface area contributed by atoms with Crippen LogP contribution in [0.15, 0.2) is 41.8 Å². The summed E-state index contributed by atoms with van der Waals surface area (Å²) in [5.41, 5.74) is 14.2. The van der Waals surface area contributed by atoms with E-state index >= 15 is 0 Å². The van der Waals surface area contributed by atoms with Gasteiger partial charge in [0, 0.05) is 11.0 Å². The van der Waals surface area contributed by atoms with E-state index in [9.17, 15) is 15.2 Å². The maximum atomic E-state index is 14.0. The number of nitrogens with one attached hydrogen (secondary N) is 1. The summed E-state index contributed by atoms with van der Waals surface area (Å²) in [6, 6.07) is 8.67. The van der Waals surface area contributed by atoms with E-state index in [-0.39, 0.29) is 30.1 Å². The zero-order chi connectivity index (χ0) is 28.3. The van der Waals surface area contributed by atoms with Crippen LogP contribution in [0, 0.1) is 0 Å². The summed E-state index contributed by atoms with van der Waals surface area (Å²) in [6.07, 6.45) is 2.75. The van der Waals surface area contributed by atoms with E-state index in [1.54, 1.807) is 24.3 Å². The lowest BCUT2D eigenvalue weighted by molar-refractivity contribution is -0.0424. The molecule has 2 aliphatic rings. The fourth-order valence-corrected chi connectivity index (χ4v) is 6.77. The van der Waals surface area contributed by atoms with Gasteiger partial charge in [-0.15, -0.1) is 0 Å². The number of nitrogens with zero attached hydrogens (tertiary/aromatic N) is 7. The van der Waals surface area contributed by atoms with E-state index in [1.807, 2.05) is 6.07 Å². The highest BCUT2D eigenvalue weighted by atomic mass is 31.2. The van der Waals surface area contributed by atoms with Crippen LogP contribution in [0.4, 0.5) is 5.95 Å². The number of anilines is 1. The van der Waals surface area contributed by atoms with Crippen LogP contribution in [0.2, 0.25) is 0 Å². The number of nitrogens with two attached hydrogens (primary N) is 1. The largest absolute Gasteiger partial charge is 0.479 e. The summed E-state index contributed by atoms with van der Waals surface area (Å²) >= 11 is 0. The van der Waals surface area contributed by atoms with Crippen LogP contribution in [0.3, 0.4) is 0 Å². The summed E-state index contributed by atoms with van der Waals surface area (Å²) in [5, 5.41) is 18.3. The number of azide groups is 1. The molecule has 1 aliphatic carbocycles. The van der Waals surface area contributed by atoms with Gasteiger partial charge in [-0.05, 0) is 37.4 Å². The van der Waals surface area contributed by atoms with Gasteiger partial charge in [0.25, 0.3) is 0 Å². The average Bonchev–Trinajstić information content (AvgIpc) is 3.46. The van der Waals surface area contributed by atoms with Crippen LogP contribution in [-0.2, 0) is 13.8 Å². The van der Waals surface area contributed by atoms with Gasteiger partial charge in [0.15, 0.2) is 17.4 Å². The lowest BCUT2D eigenvalue weighted by Gasteiger charge is -2.29. The number of aliphatic hydroxyl groups excluding tert-OH is 1. The topological polar surface area (TPSA) is 205 Å². The highest BCUT2D eigenvalue weighted by Gasteiger charge is 2.55. The number of methoxy groups -OCH3 is 1. The molecule has 40 heavy (non-hydrogen) atoms. The van der Waals surface area contributed by atoms with Crippen molar-refractivity contribution in [3.63, 3.8) is 0 Å². The number of hydrogen-bond acceptors (Lipinski definition) is 11. The number of benzene rings is 1. The minimum Gasteiger partial charge on any atom is -0.479 e. The number of para-hydroxylation sites is 1. The second-order valence-electron chi connectivity index (χ2n) is 9.96. The van der Waals surface area contributed by atoms with Crippen LogP contribution in [0.25, 0.3) is 21.6 Å². The molecule has 0 bridgehead atoms. The Morgan fingerprint density at radius 1 is 1.30 bits per heavy atom. The molecule has 16 heteroatoms. The van der Waals surface area contributed by atoms with E-state index in [0.29, 0.717) is 11.3 Å². The fourth-order valence-electron chi connectivity index (χ4n) is 5.14. The Balaban J connectivity index is 1.41. The van der Waals surface area contributed by atoms with Crippen molar-refractivity contribution in [2.24, 2.45) is 5.11 Å². The van der Waals surface area contributed by atoms with E-state index in [2.05, 4.69) is 30.1 Å². The van der Waals surface area contributed by atoms with Gasteiger partial charge in [0.05, 0.1) is 26.1 Å². The Kier molecular flexibility index (Phi) is 8.13. The number of fused-ring (bicyclic) bond motifs is 1. The molecule has 3 heterocycles. The molecule has 1 unspecified atom stereocenters. The van der Waals surface area contributed by atoms with E-state index < -0.39 is 31.7 Å². The van der Waals surface area contributed by atoms with Crippen LogP contribution < -0.4 is 20.1 Å². The second-order valence-corrected chi connectivity index (χ2v) is 11.7. The first-order valence-electron chi connectivity index (χ1n) is 13.0. The molecule has 214 valence electrons. The van der Waals surface area contributed by atoms with Crippen molar-refractivity contribution in [3.05, 3.63) is 47.1 Å². The quantitative estimate of drug-likeness (QED) is 0.137. The van der Waals surface area contributed by atoms with Gasteiger partial charge in [-0.25, -0.2) is 14.6 Å². The number of ether oxygens (including phenoxy) is 2. The SMILES string of the molecule is COc1nc(N)nc2c1ncn2[C@@H]1O[C@H](COP(=O)(NC2CCCCC2)Oc2ccccc2)[C@@H](O)[C@@]1(C)N=[N+]=[N-]. The molecule has 0 spiro atoms. The number of rotatable bonds is 10. The van der Waals surface area contributed by atoms with Crippen molar-refractivity contribution in [1.29, 1.82) is 0 Å². The number of aliphatic hydroxyl groups is 1. The van der Waals surface area contributed by atoms with Gasteiger partial charge >= 0.3 is 7.75 Å². The van der Waals surface area contributed by atoms with Crippen LogP contribution >= 0.6 is 7.75 Å². The zero-order valence-electron chi connectivity index (χ0n) is 22.2. The van der Waals surface area contributed by atoms with Gasteiger partial charge in [-0.3, -0.25) is 9.09 Å². The zero-order valence-corrected chi connectivity index (χ0v) is 23.1. The van der Waals surface area contributed by atoms with Crippen molar-refractivity contribution in [3.8, 4) is 11.6 Å². The maximum Gasteiger partial charge on any atom is 0.459 e. The molecule has 4 N–H and O–H groups in total. The molecule has 1 saturated carbocycles. The standard InChI is InChI=1S/C24H32N9O6P/c1-24(31-32-26)19(34)17(38-22(24)33-14-27-18-20(33)28-23(25)29-21(18)36-2)13-37-40(35,30-15-9-5-3-6-10-15)39-16-11-7-4-8-12-16/h4,7-8,11-12,14-15,17,19,22,34H,3,5-6,9-10,13H2,1-2H3,(H,30,35)(H2,25,28,29)/t17-,19-,22-,24-,40?/m1/s1. The van der Waals surface area contributed by atoms with Gasteiger partial charge < -0.3 is 24.8 Å². The Bertz CT molecular complexity index is 1430. The molecule has 0 radical (unpaired) electrons. The molecule has 5 atom stereocenters. The number of nitrogen functional groups attached to an aromatic ring is 1. The molecule has 2 aromatic heterocycles. The van der Waals surface area contributed by atoms with Crippen molar-refractivity contribution < 1.29 is 28.2 Å². The first-order chi connectivity index (χ1) is 19.3. The van der Waals surface area contributed by atoms with Gasteiger partial charge in [0.2, 0.25) is 11.8 Å². The third-order valence-corrected chi connectivity index (χ3v) is 8.81. The van der Waals surface area contributed by atoms with Crippen molar-refractivity contribution in [2.75, 3.05) is 19.5 Å². The smallest absolute Gasteiger partial charge is 0.459 e. The predicted molar refractivity (Wildman–Crippen MR) is 144 cm³/mol. The lowest BCUT2D eigenvalue weighted by Crippen LogP contribution is -2.43. The minimum atomic E-state index is -3.90.